The second kappa shape index (κ2) is 5.55. The summed E-state index contributed by atoms with van der Waals surface area (Å²) in [6.45, 7) is 4.96. The van der Waals surface area contributed by atoms with E-state index in [9.17, 15) is 4.79 Å². The van der Waals surface area contributed by atoms with Gasteiger partial charge < -0.3 is 14.4 Å². The lowest BCUT2D eigenvalue weighted by molar-refractivity contribution is -0.123. The highest BCUT2D eigenvalue weighted by Gasteiger charge is 2.36. The maximum atomic E-state index is 13.3. The van der Waals surface area contributed by atoms with E-state index in [4.69, 9.17) is 9.47 Å². The molecule has 4 rings (SSSR count). The molecule has 0 saturated carbocycles. The average Bonchev–Trinajstić information content (AvgIpc) is 3.08. The first-order valence-electron chi connectivity index (χ1n) is 8.37. The fourth-order valence-corrected chi connectivity index (χ4v) is 3.49. The molecule has 2 heterocycles. The van der Waals surface area contributed by atoms with E-state index in [2.05, 4.69) is 6.07 Å². The molecule has 24 heavy (non-hydrogen) atoms. The summed E-state index contributed by atoms with van der Waals surface area (Å²) < 4.78 is 10.8. The fourth-order valence-electron chi connectivity index (χ4n) is 3.49. The van der Waals surface area contributed by atoms with Crippen molar-refractivity contribution < 1.29 is 14.3 Å². The van der Waals surface area contributed by atoms with Crippen LogP contribution in [0.3, 0.4) is 0 Å². The number of nitrogens with zero attached hydrogens (tertiary/aromatic N) is 1. The van der Waals surface area contributed by atoms with Gasteiger partial charge in [-0.05, 0) is 56.0 Å². The summed E-state index contributed by atoms with van der Waals surface area (Å²) in [7, 11) is 0. The predicted molar refractivity (Wildman–Crippen MR) is 92.7 cm³/mol. The van der Waals surface area contributed by atoms with Crippen molar-refractivity contribution in [2.45, 2.75) is 32.1 Å². The minimum Gasteiger partial charge on any atom is -0.454 e. The van der Waals surface area contributed by atoms with E-state index >= 15 is 0 Å². The minimum atomic E-state index is -0.634. The van der Waals surface area contributed by atoms with Crippen LogP contribution in [0.25, 0.3) is 0 Å². The van der Waals surface area contributed by atoms with Crippen LogP contribution in [0.1, 0.15) is 31.4 Å². The fraction of sp³-hybridized carbons (Fsp3) is 0.350. The Balaban J connectivity index is 1.69. The van der Waals surface area contributed by atoms with Gasteiger partial charge in [0, 0.05) is 12.2 Å². The van der Waals surface area contributed by atoms with Crippen LogP contribution in [0.4, 0.5) is 5.69 Å². The molecule has 0 fully saturated rings. The Kier molecular flexibility index (Phi) is 3.48. The molecular formula is C20H21NO3. The lowest BCUT2D eigenvalue weighted by atomic mass is 9.82. The third kappa shape index (κ3) is 2.33. The molecule has 0 aliphatic carbocycles. The standard InChI is InChI=1S/C20H21NO3/c1-20(2,15-9-10-17-18(12-15)24-13-23-17)19(22)21-11-5-7-14-6-3-4-8-16(14)21/h3-4,6,8-10,12H,5,7,11,13H2,1-2H3. The topological polar surface area (TPSA) is 38.8 Å². The molecular weight excluding hydrogens is 302 g/mol. The first-order valence-corrected chi connectivity index (χ1v) is 8.37. The number of fused-ring (bicyclic) bond motifs is 2. The molecule has 1 amide bonds. The van der Waals surface area contributed by atoms with Crippen LogP contribution in [0.15, 0.2) is 42.5 Å². The van der Waals surface area contributed by atoms with Crippen molar-refractivity contribution in [2.24, 2.45) is 0 Å². The van der Waals surface area contributed by atoms with Gasteiger partial charge in [0.1, 0.15) is 0 Å². The summed E-state index contributed by atoms with van der Waals surface area (Å²) in [5.41, 5.74) is 2.60. The Morgan fingerprint density at radius 3 is 2.75 bits per heavy atom. The van der Waals surface area contributed by atoms with E-state index in [1.807, 2.05) is 55.1 Å². The zero-order valence-electron chi connectivity index (χ0n) is 14.0. The molecule has 0 radical (unpaired) electrons. The van der Waals surface area contributed by atoms with Crippen molar-refractivity contribution in [1.82, 2.24) is 0 Å². The number of amides is 1. The van der Waals surface area contributed by atoms with Gasteiger partial charge in [-0.2, -0.15) is 0 Å². The number of ether oxygens (including phenoxy) is 2. The molecule has 0 spiro atoms. The Labute approximate surface area is 142 Å². The quantitative estimate of drug-likeness (QED) is 0.846. The first-order chi connectivity index (χ1) is 11.6. The van der Waals surface area contributed by atoms with Crippen LogP contribution in [-0.2, 0) is 16.6 Å². The van der Waals surface area contributed by atoms with Gasteiger partial charge in [0.2, 0.25) is 12.7 Å². The Bertz CT molecular complexity index is 797. The summed E-state index contributed by atoms with van der Waals surface area (Å²) in [6.07, 6.45) is 2.03. The highest BCUT2D eigenvalue weighted by Crippen LogP contribution is 2.38. The lowest BCUT2D eigenvalue weighted by Crippen LogP contribution is -2.45. The number of hydrogen-bond acceptors (Lipinski definition) is 3. The summed E-state index contributed by atoms with van der Waals surface area (Å²) in [6, 6.07) is 14.0. The van der Waals surface area contributed by atoms with Crippen molar-refractivity contribution in [3.8, 4) is 11.5 Å². The largest absolute Gasteiger partial charge is 0.454 e. The van der Waals surface area contributed by atoms with Gasteiger partial charge in [0.25, 0.3) is 0 Å². The van der Waals surface area contributed by atoms with Crippen molar-refractivity contribution >= 4 is 11.6 Å². The number of carbonyl (C=O) groups is 1. The monoisotopic (exact) mass is 323 g/mol. The minimum absolute atomic E-state index is 0.119. The smallest absolute Gasteiger partial charge is 0.237 e. The summed E-state index contributed by atoms with van der Waals surface area (Å²) in [5.74, 6) is 1.58. The molecule has 0 N–H and O–H groups in total. The van der Waals surface area contributed by atoms with E-state index in [1.165, 1.54) is 5.56 Å². The van der Waals surface area contributed by atoms with Gasteiger partial charge in [-0.15, -0.1) is 0 Å². The van der Waals surface area contributed by atoms with Crippen LogP contribution in [0, 0.1) is 0 Å². The molecule has 2 aromatic carbocycles. The molecule has 0 aromatic heterocycles. The van der Waals surface area contributed by atoms with Crippen molar-refractivity contribution in [2.75, 3.05) is 18.2 Å². The average molecular weight is 323 g/mol. The zero-order valence-corrected chi connectivity index (χ0v) is 14.0. The molecule has 4 nitrogen and oxygen atoms in total. The second-order valence-corrected chi connectivity index (χ2v) is 6.88. The van der Waals surface area contributed by atoms with Crippen LogP contribution in [0.2, 0.25) is 0 Å². The van der Waals surface area contributed by atoms with Crippen LogP contribution >= 0.6 is 0 Å². The molecule has 0 saturated heterocycles. The molecule has 0 bridgehead atoms. The second-order valence-electron chi connectivity index (χ2n) is 6.88. The number of benzene rings is 2. The van der Waals surface area contributed by atoms with Gasteiger partial charge in [0.15, 0.2) is 11.5 Å². The molecule has 0 atom stereocenters. The van der Waals surface area contributed by atoms with E-state index in [1.54, 1.807) is 0 Å². The van der Waals surface area contributed by atoms with Crippen LogP contribution in [-0.4, -0.2) is 19.2 Å². The molecule has 2 aliphatic heterocycles. The van der Waals surface area contributed by atoms with E-state index < -0.39 is 5.41 Å². The molecule has 124 valence electrons. The van der Waals surface area contributed by atoms with Crippen molar-refractivity contribution in [3.63, 3.8) is 0 Å². The molecule has 4 heteroatoms. The van der Waals surface area contributed by atoms with Crippen LogP contribution < -0.4 is 14.4 Å². The summed E-state index contributed by atoms with van der Waals surface area (Å²) in [4.78, 5) is 15.3. The van der Waals surface area contributed by atoms with E-state index in [-0.39, 0.29) is 12.7 Å². The lowest BCUT2D eigenvalue weighted by Gasteiger charge is -2.36. The highest BCUT2D eigenvalue weighted by molar-refractivity contribution is 6.01. The number of hydrogen-bond donors (Lipinski definition) is 0. The maximum absolute atomic E-state index is 13.3. The first kappa shape index (κ1) is 15.1. The summed E-state index contributed by atoms with van der Waals surface area (Å²) in [5, 5.41) is 0. The normalized spacial score (nSPS) is 16.0. The third-order valence-corrected chi connectivity index (χ3v) is 4.98. The Morgan fingerprint density at radius 1 is 1.08 bits per heavy atom. The summed E-state index contributed by atoms with van der Waals surface area (Å²) >= 11 is 0. The van der Waals surface area contributed by atoms with Gasteiger partial charge in [0.05, 0.1) is 5.41 Å². The number of carbonyl (C=O) groups excluding carboxylic acids is 1. The number of anilines is 1. The molecule has 0 unspecified atom stereocenters. The van der Waals surface area contributed by atoms with Gasteiger partial charge in [-0.25, -0.2) is 0 Å². The van der Waals surface area contributed by atoms with E-state index in [0.29, 0.717) is 5.75 Å². The van der Waals surface area contributed by atoms with Crippen molar-refractivity contribution in [3.05, 3.63) is 53.6 Å². The zero-order chi connectivity index (χ0) is 16.7. The van der Waals surface area contributed by atoms with Gasteiger partial charge in [-0.3, -0.25) is 4.79 Å². The maximum Gasteiger partial charge on any atom is 0.237 e. The SMILES string of the molecule is CC(C)(C(=O)N1CCCc2ccccc21)c1ccc2c(c1)OCO2. The number of rotatable bonds is 2. The van der Waals surface area contributed by atoms with Crippen molar-refractivity contribution in [1.29, 1.82) is 0 Å². The van der Waals surface area contributed by atoms with Crippen LogP contribution in [0.5, 0.6) is 11.5 Å². The van der Waals surface area contributed by atoms with E-state index in [0.717, 1.165) is 36.4 Å². The number of aryl methyl sites for hydroxylation is 1. The van der Waals surface area contributed by atoms with Gasteiger partial charge >= 0.3 is 0 Å². The Morgan fingerprint density at radius 2 is 1.88 bits per heavy atom. The van der Waals surface area contributed by atoms with Gasteiger partial charge in [-0.1, -0.05) is 24.3 Å². The predicted octanol–water partition coefficient (Wildman–Crippen LogP) is 3.67. The highest BCUT2D eigenvalue weighted by atomic mass is 16.7. The number of para-hydroxylation sites is 1. The molecule has 2 aromatic rings. The molecule has 2 aliphatic rings. The third-order valence-electron chi connectivity index (χ3n) is 4.98. The Hall–Kier alpha value is -2.49.